The number of hydrogen-bond acceptors (Lipinski definition) is 3. The lowest BCUT2D eigenvalue weighted by molar-refractivity contribution is 0.252. The second kappa shape index (κ2) is 6.34. The fourth-order valence-electron chi connectivity index (χ4n) is 1.09. The van der Waals surface area contributed by atoms with Gasteiger partial charge in [0, 0.05) is 19.1 Å². The van der Waals surface area contributed by atoms with Gasteiger partial charge < -0.3 is 5.11 Å². The van der Waals surface area contributed by atoms with Crippen LogP contribution in [0.25, 0.3) is 0 Å². The minimum atomic E-state index is -3.42. The van der Waals surface area contributed by atoms with Crippen molar-refractivity contribution < 1.29 is 13.5 Å². The normalized spacial score (nSPS) is 12.7. The van der Waals surface area contributed by atoms with Crippen LogP contribution in [0.15, 0.2) is 0 Å². The molecule has 0 aromatic heterocycles. The van der Waals surface area contributed by atoms with Crippen LogP contribution < -0.4 is 4.72 Å². The number of hydrogen-bond donors (Lipinski definition) is 2. The highest BCUT2D eigenvalue weighted by atomic mass is 32.2. The molecule has 0 atom stereocenters. The molecule has 0 aromatic rings. The summed E-state index contributed by atoms with van der Waals surface area (Å²) in [5.41, 5.74) is 0. The van der Waals surface area contributed by atoms with Crippen molar-refractivity contribution in [2.24, 2.45) is 0 Å². The fraction of sp³-hybridized carbons (Fsp3) is 1.00. The maximum absolute atomic E-state index is 11.6. The zero-order chi connectivity index (χ0) is 11.2. The molecule has 0 aromatic carbocycles. The smallest absolute Gasteiger partial charge is 0.279 e. The van der Waals surface area contributed by atoms with Crippen molar-refractivity contribution in [1.82, 2.24) is 9.03 Å². The van der Waals surface area contributed by atoms with E-state index in [0.717, 1.165) is 6.42 Å². The van der Waals surface area contributed by atoms with Gasteiger partial charge in [-0.25, -0.2) is 0 Å². The molecule has 0 heterocycles. The lowest BCUT2D eigenvalue weighted by Gasteiger charge is -2.22. The number of aliphatic hydroxyl groups excluding tert-OH is 1. The Morgan fingerprint density at radius 3 is 2.29 bits per heavy atom. The summed E-state index contributed by atoms with van der Waals surface area (Å²) in [4.78, 5) is 0. The van der Waals surface area contributed by atoms with Gasteiger partial charge in [-0.1, -0.05) is 6.92 Å². The van der Waals surface area contributed by atoms with Crippen LogP contribution >= 0.6 is 0 Å². The first-order valence-corrected chi connectivity index (χ1v) is 6.26. The van der Waals surface area contributed by atoms with E-state index in [1.165, 1.54) is 4.31 Å². The summed E-state index contributed by atoms with van der Waals surface area (Å²) in [5, 5.41) is 8.73. The molecule has 0 radical (unpaired) electrons. The van der Waals surface area contributed by atoms with Gasteiger partial charge in [-0.3, -0.25) is 0 Å². The van der Waals surface area contributed by atoms with Crippen LogP contribution in [0.4, 0.5) is 0 Å². The standard InChI is InChI=1S/C8H20N2O3S/c1-4-5-10(6-7-11)14(12,13)9-8(2)3/h8-9,11H,4-7H2,1-3H3. The van der Waals surface area contributed by atoms with E-state index in [1.54, 1.807) is 13.8 Å². The molecule has 14 heavy (non-hydrogen) atoms. The highest BCUT2D eigenvalue weighted by Crippen LogP contribution is 2.00. The highest BCUT2D eigenvalue weighted by molar-refractivity contribution is 7.87. The molecule has 0 saturated carbocycles. The zero-order valence-electron chi connectivity index (χ0n) is 9.02. The second-order valence-corrected chi connectivity index (χ2v) is 5.10. The minimum absolute atomic E-state index is 0.127. The molecule has 0 rings (SSSR count). The van der Waals surface area contributed by atoms with Crippen molar-refractivity contribution in [3.05, 3.63) is 0 Å². The van der Waals surface area contributed by atoms with Crippen LogP contribution in [0, 0.1) is 0 Å². The van der Waals surface area contributed by atoms with Gasteiger partial charge in [-0.05, 0) is 20.3 Å². The summed E-state index contributed by atoms with van der Waals surface area (Å²) in [6.45, 7) is 5.86. The minimum Gasteiger partial charge on any atom is -0.395 e. The van der Waals surface area contributed by atoms with Gasteiger partial charge in [0.05, 0.1) is 6.61 Å². The van der Waals surface area contributed by atoms with Gasteiger partial charge in [0.1, 0.15) is 0 Å². The number of aliphatic hydroxyl groups is 1. The average Bonchev–Trinajstić information content (AvgIpc) is 2.01. The van der Waals surface area contributed by atoms with Crippen LogP contribution in [0.3, 0.4) is 0 Å². The van der Waals surface area contributed by atoms with Crippen molar-refractivity contribution in [3.8, 4) is 0 Å². The number of rotatable bonds is 7. The average molecular weight is 224 g/mol. The Labute approximate surface area is 86.3 Å². The van der Waals surface area contributed by atoms with E-state index in [0.29, 0.717) is 6.54 Å². The van der Waals surface area contributed by atoms with Crippen LogP contribution in [0.1, 0.15) is 27.2 Å². The third kappa shape index (κ3) is 4.90. The first-order chi connectivity index (χ1) is 6.44. The second-order valence-electron chi connectivity index (χ2n) is 3.40. The van der Waals surface area contributed by atoms with Crippen molar-refractivity contribution in [1.29, 1.82) is 0 Å². The lowest BCUT2D eigenvalue weighted by atomic mass is 10.4. The Kier molecular flexibility index (Phi) is 6.26. The Morgan fingerprint density at radius 2 is 1.93 bits per heavy atom. The first-order valence-electron chi connectivity index (χ1n) is 4.82. The van der Waals surface area contributed by atoms with Crippen molar-refractivity contribution in [3.63, 3.8) is 0 Å². The Balaban J connectivity index is 4.45. The molecule has 0 spiro atoms. The summed E-state index contributed by atoms with van der Waals surface area (Å²) < 4.78 is 27.0. The Hall–Kier alpha value is -0.170. The molecule has 0 aliphatic heterocycles. The van der Waals surface area contributed by atoms with Gasteiger partial charge >= 0.3 is 0 Å². The van der Waals surface area contributed by atoms with E-state index < -0.39 is 10.2 Å². The Bertz CT molecular complexity index is 233. The molecule has 0 aliphatic carbocycles. The van der Waals surface area contributed by atoms with Gasteiger partial charge in [-0.15, -0.1) is 0 Å². The molecule has 0 bridgehead atoms. The quantitative estimate of drug-likeness (QED) is 0.636. The van der Waals surface area contributed by atoms with Crippen LogP contribution in [0.2, 0.25) is 0 Å². The molecule has 5 nitrogen and oxygen atoms in total. The van der Waals surface area contributed by atoms with Gasteiger partial charge in [-0.2, -0.15) is 17.4 Å². The van der Waals surface area contributed by atoms with E-state index in [4.69, 9.17) is 5.11 Å². The summed E-state index contributed by atoms with van der Waals surface area (Å²) >= 11 is 0. The molecule has 0 fully saturated rings. The van der Waals surface area contributed by atoms with Gasteiger partial charge in [0.25, 0.3) is 10.2 Å². The molecule has 86 valence electrons. The molecule has 0 saturated heterocycles. The summed E-state index contributed by atoms with van der Waals surface area (Å²) in [6.07, 6.45) is 0.735. The predicted molar refractivity (Wildman–Crippen MR) is 56.1 cm³/mol. The molecular formula is C8H20N2O3S. The van der Waals surface area contributed by atoms with Crippen molar-refractivity contribution in [2.45, 2.75) is 33.2 Å². The lowest BCUT2D eigenvalue weighted by Crippen LogP contribution is -2.45. The van der Waals surface area contributed by atoms with Crippen molar-refractivity contribution >= 4 is 10.2 Å². The van der Waals surface area contributed by atoms with Crippen LogP contribution in [0.5, 0.6) is 0 Å². The largest absolute Gasteiger partial charge is 0.395 e. The maximum Gasteiger partial charge on any atom is 0.279 e. The summed E-state index contributed by atoms with van der Waals surface area (Å²) in [5.74, 6) is 0. The fourth-order valence-corrected chi connectivity index (χ4v) is 2.58. The molecule has 0 unspecified atom stereocenters. The van der Waals surface area contributed by atoms with E-state index in [-0.39, 0.29) is 19.2 Å². The van der Waals surface area contributed by atoms with E-state index >= 15 is 0 Å². The number of nitrogens with zero attached hydrogens (tertiary/aromatic N) is 1. The molecule has 6 heteroatoms. The van der Waals surface area contributed by atoms with Gasteiger partial charge in [0.2, 0.25) is 0 Å². The van der Waals surface area contributed by atoms with E-state index in [9.17, 15) is 8.42 Å². The highest BCUT2D eigenvalue weighted by Gasteiger charge is 2.20. The zero-order valence-corrected chi connectivity index (χ0v) is 9.84. The van der Waals surface area contributed by atoms with Crippen LogP contribution in [-0.2, 0) is 10.2 Å². The van der Waals surface area contributed by atoms with Gasteiger partial charge in [0.15, 0.2) is 0 Å². The third-order valence-corrected chi connectivity index (χ3v) is 3.36. The molecule has 0 aliphatic rings. The molecular weight excluding hydrogens is 204 g/mol. The third-order valence-electron chi connectivity index (χ3n) is 1.55. The molecule has 0 amide bonds. The monoisotopic (exact) mass is 224 g/mol. The predicted octanol–water partition coefficient (Wildman–Crippen LogP) is -0.0665. The summed E-state index contributed by atoms with van der Waals surface area (Å²) in [6, 6.07) is -0.127. The van der Waals surface area contributed by atoms with E-state index in [1.807, 2.05) is 6.92 Å². The first kappa shape index (κ1) is 13.8. The SMILES string of the molecule is CCCN(CCO)S(=O)(=O)NC(C)C. The summed E-state index contributed by atoms with van der Waals surface area (Å²) in [7, 11) is -3.42. The molecule has 2 N–H and O–H groups in total. The Morgan fingerprint density at radius 1 is 1.36 bits per heavy atom. The van der Waals surface area contributed by atoms with E-state index in [2.05, 4.69) is 4.72 Å². The maximum atomic E-state index is 11.6. The van der Waals surface area contributed by atoms with Crippen molar-refractivity contribution in [2.75, 3.05) is 19.7 Å². The van der Waals surface area contributed by atoms with Crippen LogP contribution in [-0.4, -0.2) is 43.6 Å². The number of nitrogens with one attached hydrogen (secondary N) is 1. The topological polar surface area (TPSA) is 69.6 Å².